The van der Waals surface area contributed by atoms with Crippen molar-refractivity contribution < 1.29 is 32.6 Å². The second-order valence-corrected chi connectivity index (χ2v) is 12.3. The minimum Gasteiger partial charge on any atom is -0.488 e. The topological polar surface area (TPSA) is 82.1 Å². The number of piperazine rings is 1. The molecule has 0 aromatic heterocycles. The molecule has 3 aromatic rings. The van der Waals surface area contributed by atoms with Crippen molar-refractivity contribution in [1.29, 1.82) is 0 Å². The van der Waals surface area contributed by atoms with Crippen molar-refractivity contribution in [3.63, 3.8) is 0 Å². The van der Waals surface area contributed by atoms with Crippen LogP contribution < -0.4 is 10.1 Å². The fraction of sp³-hybridized carbons (Fsp3) is 0.389. The number of amides is 2. The highest BCUT2D eigenvalue weighted by Crippen LogP contribution is 2.39. The molecule has 46 heavy (non-hydrogen) atoms. The van der Waals surface area contributed by atoms with Gasteiger partial charge in [0.15, 0.2) is 17.4 Å². The molecular weight excluding hydrogens is 595 g/mol. The lowest BCUT2D eigenvalue weighted by Gasteiger charge is -2.47. The van der Waals surface area contributed by atoms with Crippen molar-refractivity contribution in [1.82, 2.24) is 15.1 Å². The lowest BCUT2D eigenvalue weighted by atomic mass is 9.81. The number of nitrogens with one attached hydrogen (secondary N) is 1. The van der Waals surface area contributed by atoms with E-state index in [4.69, 9.17) is 4.74 Å². The van der Waals surface area contributed by atoms with Gasteiger partial charge < -0.3 is 20.1 Å². The number of carbonyl (C=O) groups is 2. The smallest absolute Gasteiger partial charge is 0.408 e. The maximum atomic E-state index is 14.5. The molecule has 0 radical (unpaired) electrons. The zero-order valence-electron chi connectivity index (χ0n) is 25.8. The molecule has 2 atom stereocenters. The molecule has 2 aliphatic heterocycles. The Kier molecular flexibility index (Phi) is 9.35. The minimum atomic E-state index is -1.34. The minimum absolute atomic E-state index is 0.00371. The normalized spacial score (nSPS) is 19.3. The summed E-state index contributed by atoms with van der Waals surface area (Å²) >= 11 is 0. The predicted octanol–water partition coefficient (Wildman–Crippen LogP) is 6.14. The maximum absolute atomic E-state index is 14.5. The van der Waals surface area contributed by atoms with Crippen molar-refractivity contribution in [2.75, 3.05) is 26.2 Å². The first kappa shape index (κ1) is 31.7. The molecule has 242 valence electrons. The Bertz CT molecular complexity index is 1640. The van der Waals surface area contributed by atoms with Crippen molar-refractivity contribution in [2.45, 2.75) is 63.6 Å². The van der Waals surface area contributed by atoms with Crippen LogP contribution in [0.25, 0.3) is 5.57 Å². The van der Waals surface area contributed by atoms with E-state index in [1.807, 2.05) is 41.3 Å². The second-order valence-electron chi connectivity index (χ2n) is 12.3. The van der Waals surface area contributed by atoms with Crippen LogP contribution in [0.3, 0.4) is 0 Å². The van der Waals surface area contributed by atoms with E-state index < -0.39 is 35.3 Å². The van der Waals surface area contributed by atoms with Gasteiger partial charge in [0.1, 0.15) is 0 Å². The lowest BCUT2D eigenvalue weighted by molar-refractivity contribution is -0.128. The summed E-state index contributed by atoms with van der Waals surface area (Å²) in [5.74, 6) is -4.27. The molecule has 1 saturated carbocycles. The lowest BCUT2D eigenvalue weighted by Crippen LogP contribution is -2.63. The predicted molar refractivity (Wildman–Crippen MR) is 168 cm³/mol. The van der Waals surface area contributed by atoms with E-state index >= 15 is 0 Å². The maximum Gasteiger partial charge on any atom is 0.408 e. The van der Waals surface area contributed by atoms with E-state index in [2.05, 4.69) is 24.4 Å². The molecule has 2 heterocycles. The molecule has 0 spiro atoms. The van der Waals surface area contributed by atoms with Crippen LogP contribution in [-0.2, 0) is 17.6 Å². The molecule has 2 amide bonds. The summed E-state index contributed by atoms with van der Waals surface area (Å²) in [5, 5.41) is 13.5. The first-order chi connectivity index (χ1) is 22.2. The van der Waals surface area contributed by atoms with Crippen molar-refractivity contribution >= 4 is 17.6 Å². The molecule has 2 fully saturated rings. The second kappa shape index (κ2) is 13.6. The number of carboxylic acid groups (broad SMARTS) is 1. The molecule has 3 aliphatic rings. The molecule has 1 aliphatic carbocycles. The van der Waals surface area contributed by atoms with Gasteiger partial charge in [0.2, 0.25) is 5.82 Å². The summed E-state index contributed by atoms with van der Waals surface area (Å²) in [5.41, 5.74) is 5.64. The third-order valence-corrected chi connectivity index (χ3v) is 9.29. The Hall–Kier alpha value is -4.31. The third kappa shape index (κ3) is 6.63. The SMILES string of the molecule is Cc1ccccc1CCN(C(=O)C1=C(c2ccc(CCCOc3c(F)ccc(F)c3F)cc2)CC2CNCC1N2C(=O)O)C1CC1. The average Bonchev–Trinajstić information content (AvgIpc) is 3.88. The number of aryl methyl sites for hydroxylation is 2. The molecule has 2 unspecified atom stereocenters. The van der Waals surface area contributed by atoms with Gasteiger partial charge in [-0.15, -0.1) is 0 Å². The van der Waals surface area contributed by atoms with Crippen LogP contribution in [0.4, 0.5) is 18.0 Å². The van der Waals surface area contributed by atoms with Crippen LogP contribution in [0.1, 0.15) is 47.9 Å². The first-order valence-electron chi connectivity index (χ1n) is 15.9. The number of nitrogens with zero attached hydrogens (tertiary/aromatic N) is 2. The van der Waals surface area contributed by atoms with Gasteiger partial charge in [-0.3, -0.25) is 9.69 Å². The largest absolute Gasteiger partial charge is 0.488 e. The number of hydrogen-bond acceptors (Lipinski definition) is 4. The van der Waals surface area contributed by atoms with Crippen LogP contribution in [-0.4, -0.2) is 71.3 Å². The standard InChI is InChI=1S/C36H38F3N3O4/c1-22-5-2-3-7-24(22)16-17-41(26-12-13-26)35(43)32-28(19-27-20-40-21-31(32)42(27)36(44)45)25-10-8-23(9-11-25)6-4-18-46-34-30(38)15-14-29(37)33(34)39/h2-3,5,7-11,14-15,26-27,31,40H,4,6,12-13,16-21H2,1H3,(H,44,45). The number of benzene rings is 3. The van der Waals surface area contributed by atoms with Gasteiger partial charge in [-0.2, -0.15) is 4.39 Å². The summed E-state index contributed by atoms with van der Waals surface area (Å²) in [6.45, 7) is 3.52. The van der Waals surface area contributed by atoms with E-state index in [0.29, 0.717) is 44.5 Å². The van der Waals surface area contributed by atoms with E-state index in [9.17, 15) is 27.9 Å². The Balaban J connectivity index is 1.23. The van der Waals surface area contributed by atoms with Gasteiger partial charge in [-0.25, -0.2) is 13.6 Å². The van der Waals surface area contributed by atoms with Crippen molar-refractivity contribution in [3.05, 3.63) is 106 Å². The van der Waals surface area contributed by atoms with Crippen molar-refractivity contribution in [3.8, 4) is 5.75 Å². The Morgan fingerprint density at radius 3 is 2.43 bits per heavy atom. The van der Waals surface area contributed by atoms with Gasteiger partial charge in [-0.1, -0.05) is 48.5 Å². The Morgan fingerprint density at radius 2 is 1.72 bits per heavy atom. The van der Waals surface area contributed by atoms with Crippen molar-refractivity contribution in [2.24, 2.45) is 0 Å². The van der Waals surface area contributed by atoms with Crippen LogP contribution in [0.15, 0.2) is 66.2 Å². The fourth-order valence-electron chi connectivity index (χ4n) is 6.72. The van der Waals surface area contributed by atoms with E-state index in [-0.39, 0.29) is 24.6 Å². The highest BCUT2D eigenvalue weighted by molar-refractivity contribution is 6.04. The number of hydrogen-bond donors (Lipinski definition) is 2. The first-order valence-corrected chi connectivity index (χ1v) is 15.9. The van der Waals surface area contributed by atoms with Gasteiger partial charge in [0.05, 0.1) is 18.7 Å². The molecule has 2 bridgehead atoms. The van der Waals surface area contributed by atoms with Gasteiger partial charge >= 0.3 is 6.09 Å². The summed E-state index contributed by atoms with van der Waals surface area (Å²) in [6.07, 6.45) is 3.00. The third-order valence-electron chi connectivity index (χ3n) is 9.29. The van der Waals surface area contributed by atoms with Crippen LogP contribution in [0.5, 0.6) is 5.75 Å². The van der Waals surface area contributed by atoms with Gasteiger partial charge in [-0.05, 0) is 85.4 Å². The monoisotopic (exact) mass is 633 g/mol. The fourth-order valence-corrected chi connectivity index (χ4v) is 6.72. The summed E-state index contributed by atoms with van der Waals surface area (Å²) in [6, 6.07) is 16.8. The summed E-state index contributed by atoms with van der Waals surface area (Å²) in [4.78, 5) is 30.3. The Morgan fingerprint density at radius 1 is 0.978 bits per heavy atom. The zero-order valence-corrected chi connectivity index (χ0v) is 25.8. The number of carbonyl (C=O) groups excluding carboxylic acids is 1. The highest BCUT2D eigenvalue weighted by atomic mass is 19.2. The molecule has 1 saturated heterocycles. The Labute approximate surface area is 266 Å². The highest BCUT2D eigenvalue weighted by Gasteiger charge is 2.46. The summed E-state index contributed by atoms with van der Waals surface area (Å²) < 4.78 is 46.4. The van der Waals surface area contributed by atoms with Crippen LogP contribution in [0.2, 0.25) is 0 Å². The molecular formula is C36H38F3N3O4. The molecule has 10 heteroatoms. The van der Waals surface area contributed by atoms with Gasteiger partial charge in [0.25, 0.3) is 5.91 Å². The van der Waals surface area contributed by atoms with Crippen LogP contribution in [0, 0.1) is 24.4 Å². The van der Waals surface area contributed by atoms with Gasteiger partial charge in [0, 0.05) is 31.2 Å². The molecule has 7 nitrogen and oxygen atoms in total. The van der Waals surface area contributed by atoms with E-state index in [0.717, 1.165) is 48.1 Å². The summed E-state index contributed by atoms with van der Waals surface area (Å²) in [7, 11) is 0. The van der Waals surface area contributed by atoms with E-state index in [1.165, 1.54) is 16.0 Å². The quantitative estimate of drug-likeness (QED) is 0.196. The number of rotatable bonds is 11. The number of fused-ring (bicyclic) bond motifs is 2. The van der Waals surface area contributed by atoms with Crippen LogP contribution >= 0.6 is 0 Å². The average molecular weight is 634 g/mol. The molecule has 3 aromatic carbocycles. The molecule has 6 rings (SSSR count). The van der Waals surface area contributed by atoms with E-state index in [1.54, 1.807) is 0 Å². The number of ether oxygens (including phenoxy) is 1. The number of halogens is 3. The zero-order chi connectivity index (χ0) is 32.4. The molecule has 2 N–H and O–H groups in total.